The molecule has 23 heavy (non-hydrogen) atoms. The molecule has 2 amide bonds. The number of hydrazone groups is 1. The lowest BCUT2D eigenvalue weighted by Gasteiger charge is -2.08. The second-order valence-corrected chi connectivity index (χ2v) is 6.15. The Labute approximate surface area is 139 Å². The molecule has 6 heteroatoms. The lowest BCUT2D eigenvalue weighted by Crippen LogP contribution is -2.20. The Morgan fingerprint density at radius 1 is 1.17 bits per heavy atom. The SMILES string of the molecule is Cc1ccc(NC(=O)CCC(=O)N/N=C/c2cccs2)c(C)c1. The van der Waals surface area contributed by atoms with Gasteiger partial charge in [-0.2, -0.15) is 5.10 Å². The number of amides is 2. The minimum Gasteiger partial charge on any atom is -0.326 e. The molecule has 0 bridgehead atoms. The molecule has 2 rings (SSSR count). The van der Waals surface area contributed by atoms with E-state index in [9.17, 15) is 9.59 Å². The predicted octanol–water partition coefficient (Wildman–Crippen LogP) is 3.23. The number of benzene rings is 1. The molecule has 0 fully saturated rings. The molecule has 120 valence electrons. The normalized spacial score (nSPS) is 10.7. The monoisotopic (exact) mass is 329 g/mol. The highest BCUT2D eigenvalue weighted by Gasteiger charge is 2.08. The number of carbonyl (C=O) groups is 2. The molecule has 1 aromatic heterocycles. The number of nitrogens with one attached hydrogen (secondary N) is 2. The van der Waals surface area contributed by atoms with Gasteiger partial charge in [0.2, 0.25) is 11.8 Å². The largest absolute Gasteiger partial charge is 0.326 e. The second kappa shape index (κ2) is 8.24. The first kappa shape index (κ1) is 16.9. The van der Waals surface area contributed by atoms with E-state index in [2.05, 4.69) is 15.8 Å². The standard InChI is InChI=1S/C17H19N3O2S/c1-12-5-6-15(13(2)10-12)19-16(21)7-8-17(22)20-18-11-14-4-3-9-23-14/h3-6,9-11H,7-8H2,1-2H3,(H,19,21)(H,20,22)/b18-11+. The Kier molecular flexibility index (Phi) is 6.05. The van der Waals surface area contributed by atoms with Crippen molar-refractivity contribution in [3.8, 4) is 0 Å². The lowest BCUT2D eigenvalue weighted by molar-refractivity contribution is -0.124. The van der Waals surface area contributed by atoms with Crippen molar-refractivity contribution < 1.29 is 9.59 Å². The van der Waals surface area contributed by atoms with Crippen LogP contribution in [0.25, 0.3) is 0 Å². The number of hydrogen-bond acceptors (Lipinski definition) is 4. The average molecular weight is 329 g/mol. The van der Waals surface area contributed by atoms with E-state index in [0.717, 1.165) is 21.7 Å². The molecule has 0 saturated heterocycles. The highest BCUT2D eigenvalue weighted by atomic mass is 32.1. The van der Waals surface area contributed by atoms with E-state index in [0.29, 0.717) is 0 Å². The zero-order chi connectivity index (χ0) is 16.7. The van der Waals surface area contributed by atoms with Crippen LogP contribution in [0.1, 0.15) is 28.8 Å². The van der Waals surface area contributed by atoms with Crippen LogP contribution in [0.15, 0.2) is 40.8 Å². The van der Waals surface area contributed by atoms with Crippen LogP contribution in [0, 0.1) is 13.8 Å². The molecule has 2 aromatic rings. The van der Waals surface area contributed by atoms with E-state index in [1.165, 1.54) is 11.3 Å². The highest BCUT2D eigenvalue weighted by molar-refractivity contribution is 7.11. The van der Waals surface area contributed by atoms with Crippen molar-refractivity contribution >= 4 is 35.1 Å². The fourth-order valence-corrected chi connectivity index (χ4v) is 2.57. The van der Waals surface area contributed by atoms with E-state index >= 15 is 0 Å². The molecule has 0 aliphatic heterocycles. The highest BCUT2D eigenvalue weighted by Crippen LogP contribution is 2.16. The molecule has 0 atom stereocenters. The number of aryl methyl sites for hydroxylation is 2. The van der Waals surface area contributed by atoms with Crippen molar-refractivity contribution in [3.05, 3.63) is 51.7 Å². The van der Waals surface area contributed by atoms with Crippen LogP contribution in [-0.2, 0) is 9.59 Å². The molecule has 0 unspecified atom stereocenters. The zero-order valence-electron chi connectivity index (χ0n) is 13.1. The van der Waals surface area contributed by atoms with Gasteiger partial charge in [-0.25, -0.2) is 5.43 Å². The van der Waals surface area contributed by atoms with Gasteiger partial charge in [-0.05, 0) is 36.9 Å². The van der Waals surface area contributed by atoms with Crippen LogP contribution in [0.3, 0.4) is 0 Å². The van der Waals surface area contributed by atoms with Crippen molar-refractivity contribution in [2.24, 2.45) is 5.10 Å². The van der Waals surface area contributed by atoms with Gasteiger partial charge in [0.05, 0.1) is 6.21 Å². The maximum atomic E-state index is 11.9. The van der Waals surface area contributed by atoms with Gasteiger partial charge in [-0.3, -0.25) is 9.59 Å². The van der Waals surface area contributed by atoms with Crippen molar-refractivity contribution in [3.63, 3.8) is 0 Å². The number of rotatable bonds is 6. The fourth-order valence-electron chi connectivity index (χ4n) is 1.98. The van der Waals surface area contributed by atoms with Crippen LogP contribution >= 0.6 is 11.3 Å². The smallest absolute Gasteiger partial charge is 0.240 e. The maximum absolute atomic E-state index is 11.9. The third-order valence-electron chi connectivity index (χ3n) is 3.16. The first-order valence-electron chi connectivity index (χ1n) is 7.27. The lowest BCUT2D eigenvalue weighted by atomic mass is 10.1. The molecular weight excluding hydrogens is 310 g/mol. The summed E-state index contributed by atoms with van der Waals surface area (Å²) >= 11 is 1.53. The van der Waals surface area contributed by atoms with Gasteiger partial charge in [0.25, 0.3) is 0 Å². The Morgan fingerprint density at radius 2 is 1.96 bits per heavy atom. The molecular formula is C17H19N3O2S. The van der Waals surface area contributed by atoms with Crippen LogP contribution in [0.5, 0.6) is 0 Å². The summed E-state index contributed by atoms with van der Waals surface area (Å²) in [6.07, 6.45) is 1.80. The predicted molar refractivity (Wildman–Crippen MR) is 93.8 cm³/mol. The van der Waals surface area contributed by atoms with E-state index in [1.807, 2.05) is 49.6 Å². The van der Waals surface area contributed by atoms with Gasteiger partial charge in [0, 0.05) is 23.4 Å². The fraction of sp³-hybridized carbons (Fsp3) is 0.235. The van der Waals surface area contributed by atoms with Crippen molar-refractivity contribution in [2.75, 3.05) is 5.32 Å². The summed E-state index contributed by atoms with van der Waals surface area (Å²) < 4.78 is 0. The van der Waals surface area contributed by atoms with Gasteiger partial charge >= 0.3 is 0 Å². The Balaban J connectivity index is 1.74. The molecule has 2 N–H and O–H groups in total. The number of thiophene rings is 1. The summed E-state index contributed by atoms with van der Waals surface area (Å²) in [4.78, 5) is 24.5. The summed E-state index contributed by atoms with van der Waals surface area (Å²) in [5.74, 6) is -0.470. The first-order chi connectivity index (χ1) is 11.0. The summed E-state index contributed by atoms with van der Waals surface area (Å²) in [5.41, 5.74) is 5.34. The Hall–Kier alpha value is -2.47. The average Bonchev–Trinajstić information content (AvgIpc) is 3.01. The summed E-state index contributed by atoms with van der Waals surface area (Å²) in [6, 6.07) is 9.62. The number of carbonyl (C=O) groups excluding carboxylic acids is 2. The van der Waals surface area contributed by atoms with Crippen LogP contribution in [0.2, 0.25) is 0 Å². The third-order valence-corrected chi connectivity index (χ3v) is 3.97. The minimum absolute atomic E-state index is 0.0958. The quantitative estimate of drug-likeness (QED) is 0.631. The summed E-state index contributed by atoms with van der Waals surface area (Å²) in [7, 11) is 0. The number of nitrogens with zero attached hydrogens (tertiary/aromatic N) is 1. The van der Waals surface area contributed by atoms with Gasteiger partial charge in [0.1, 0.15) is 0 Å². The molecule has 0 aliphatic carbocycles. The van der Waals surface area contributed by atoms with Crippen LogP contribution in [0.4, 0.5) is 5.69 Å². The summed E-state index contributed by atoms with van der Waals surface area (Å²) in [5, 5.41) is 8.60. The zero-order valence-corrected chi connectivity index (χ0v) is 13.9. The third kappa shape index (κ3) is 5.67. The van der Waals surface area contributed by atoms with Gasteiger partial charge < -0.3 is 5.32 Å². The van der Waals surface area contributed by atoms with E-state index in [1.54, 1.807) is 6.21 Å². The Bertz CT molecular complexity index is 709. The molecule has 0 radical (unpaired) electrons. The van der Waals surface area contributed by atoms with Gasteiger partial charge in [0.15, 0.2) is 0 Å². The maximum Gasteiger partial charge on any atom is 0.240 e. The number of anilines is 1. The second-order valence-electron chi connectivity index (χ2n) is 5.18. The Morgan fingerprint density at radius 3 is 2.65 bits per heavy atom. The molecule has 5 nitrogen and oxygen atoms in total. The number of hydrogen-bond donors (Lipinski definition) is 2. The van der Waals surface area contributed by atoms with Crippen molar-refractivity contribution in [2.45, 2.75) is 26.7 Å². The van der Waals surface area contributed by atoms with Crippen LogP contribution in [-0.4, -0.2) is 18.0 Å². The first-order valence-corrected chi connectivity index (χ1v) is 8.15. The molecule has 0 saturated carbocycles. The molecule has 1 heterocycles. The van der Waals surface area contributed by atoms with Crippen molar-refractivity contribution in [1.82, 2.24) is 5.43 Å². The van der Waals surface area contributed by atoms with Crippen molar-refractivity contribution in [1.29, 1.82) is 0 Å². The summed E-state index contributed by atoms with van der Waals surface area (Å²) in [6.45, 7) is 3.94. The topological polar surface area (TPSA) is 70.6 Å². The minimum atomic E-state index is -0.284. The van der Waals surface area contributed by atoms with E-state index < -0.39 is 0 Å². The molecule has 0 aliphatic rings. The van der Waals surface area contributed by atoms with Crippen LogP contribution < -0.4 is 10.7 Å². The van der Waals surface area contributed by atoms with Gasteiger partial charge in [-0.15, -0.1) is 11.3 Å². The van der Waals surface area contributed by atoms with Gasteiger partial charge in [-0.1, -0.05) is 23.8 Å². The molecule has 0 spiro atoms. The van der Waals surface area contributed by atoms with E-state index in [4.69, 9.17) is 0 Å². The molecule has 1 aromatic carbocycles. The van der Waals surface area contributed by atoms with E-state index in [-0.39, 0.29) is 24.7 Å².